The van der Waals surface area contributed by atoms with Gasteiger partial charge in [-0.2, -0.15) is 21.6 Å². The van der Waals surface area contributed by atoms with Gasteiger partial charge in [-0.25, -0.2) is 4.79 Å². The Morgan fingerprint density at radius 3 is 2.21 bits per heavy atom. The number of amides is 1. The molecule has 0 saturated carbocycles. The molecule has 0 aliphatic carbocycles. The number of rotatable bonds is 3. The van der Waals surface area contributed by atoms with E-state index in [1.807, 2.05) is 0 Å². The van der Waals surface area contributed by atoms with E-state index >= 15 is 0 Å². The van der Waals surface area contributed by atoms with Crippen molar-refractivity contribution in [2.75, 3.05) is 0 Å². The van der Waals surface area contributed by atoms with Crippen LogP contribution in [0.1, 0.15) is 57.9 Å². The van der Waals surface area contributed by atoms with Gasteiger partial charge in [-0.15, -0.1) is 0 Å². The highest BCUT2D eigenvalue weighted by Crippen LogP contribution is 2.44. The molecule has 1 aromatic carbocycles. The normalized spacial score (nSPS) is 25.0. The second-order valence-corrected chi connectivity index (χ2v) is 10.0. The van der Waals surface area contributed by atoms with Crippen LogP contribution in [0.15, 0.2) is 24.3 Å². The Balaban J connectivity index is 1.74. The molecule has 3 rings (SSSR count). The van der Waals surface area contributed by atoms with Crippen LogP contribution in [0.25, 0.3) is 0 Å². The second-order valence-electron chi connectivity index (χ2n) is 8.50. The van der Waals surface area contributed by atoms with Gasteiger partial charge in [0.2, 0.25) is 0 Å². The van der Waals surface area contributed by atoms with E-state index < -0.39 is 21.2 Å². The maximum Gasteiger partial charge on any atom is 0.534 e. The van der Waals surface area contributed by atoms with Gasteiger partial charge >= 0.3 is 21.7 Å². The van der Waals surface area contributed by atoms with Gasteiger partial charge in [-0.1, -0.05) is 12.1 Å². The van der Waals surface area contributed by atoms with E-state index in [2.05, 4.69) is 4.18 Å². The molecule has 6 nitrogen and oxygen atoms in total. The summed E-state index contributed by atoms with van der Waals surface area (Å²) in [5.74, 6) is -0.384. The molecule has 29 heavy (non-hydrogen) atoms. The number of alkyl halides is 3. The SMILES string of the molecule is CC(C)(C)OC(=O)N1[C@@H]2CC[C@H]1CC(c1cccc(OS(=O)(=O)C(F)(F)F)c1)C2. The van der Waals surface area contributed by atoms with Crippen molar-refractivity contribution in [3.63, 3.8) is 0 Å². The molecule has 162 valence electrons. The van der Waals surface area contributed by atoms with E-state index in [0.29, 0.717) is 18.4 Å². The highest BCUT2D eigenvalue weighted by atomic mass is 32.2. The number of hydrogen-bond acceptors (Lipinski definition) is 5. The van der Waals surface area contributed by atoms with Crippen LogP contribution in [-0.4, -0.2) is 42.6 Å². The lowest BCUT2D eigenvalue weighted by atomic mass is 9.85. The summed E-state index contributed by atoms with van der Waals surface area (Å²) in [6, 6.07) is 5.68. The summed E-state index contributed by atoms with van der Waals surface area (Å²) in [5.41, 5.74) is -5.38. The molecular formula is C19H24F3NO5S. The van der Waals surface area contributed by atoms with Crippen molar-refractivity contribution < 1.29 is 35.3 Å². The quantitative estimate of drug-likeness (QED) is 0.514. The lowest BCUT2D eigenvalue weighted by molar-refractivity contribution is -0.0500. The minimum absolute atomic E-state index is 0.0108. The molecular weight excluding hydrogens is 411 g/mol. The summed E-state index contributed by atoms with van der Waals surface area (Å²) in [4.78, 5) is 14.3. The fourth-order valence-electron chi connectivity index (χ4n) is 4.06. The van der Waals surface area contributed by atoms with Gasteiger partial charge in [0.05, 0.1) is 0 Å². The van der Waals surface area contributed by atoms with Crippen LogP contribution in [0, 0.1) is 0 Å². The second kappa shape index (κ2) is 7.37. The molecule has 2 bridgehead atoms. The third-order valence-electron chi connectivity index (χ3n) is 5.16. The van der Waals surface area contributed by atoms with Crippen molar-refractivity contribution in [1.29, 1.82) is 0 Å². The van der Waals surface area contributed by atoms with Gasteiger partial charge in [-0.3, -0.25) is 0 Å². The number of fused-ring (bicyclic) bond motifs is 2. The zero-order chi connectivity index (χ0) is 21.6. The van der Waals surface area contributed by atoms with Crippen LogP contribution < -0.4 is 4.18 Å². The van der Waals surface area contributed by atoms with Crippen LogP contribution in [-0.2, 0) is 14.9 Å². The minimum Gasteiger partial charge on any atom is -0.444 e. The number of hydrogen-bond donors (Lipinski definition) is 0. The predicted octanol–water partition coefficient (Wildman–Crippen LogP) is 4.56. The van der Waals surface area contributed by atoms with Gasteiger partial charge in [0.15, 0.2) is 0 Å². The number of halogens is 3. The molecule has 2 aliphatic rings. The Labute approximate surface area is 168 Å². The molecule has 2 fully saturated rings. The smallest absolute Gasteiger partial charge is 0.444 e. The van der Waals surface area contributed by atoms with Gasteiger partial charge in [0, 0.05) is 12.1 Å². The average Bonchev–Trinajstić information content (AvgIpc) is 2.82. The minimum atomic E-state index is -5.71. The number of nitrogens with zero attached hydrogens (tertiary/aromatic N) is 1. The topological polar surface area (TPSA) is 72.9 Å². The Hall–Kier alpha value is -1.97. The van der Waals surface area contributed by atoms with Gasteiger partial charge < -0.3 is 13.8 Å². The lowest BCUT2D eigenvalue weighted by Crippen LogP contribution is -2.48. The van der Waals surface area contributed by atoms with E-state index in [-0.39, 0.29) is 29.8 Å². The highest BCUT2D eigenvalue weighted by Gasteiger charge is 2.49. The Morgan fingerprint density at radius 2 is 1.69 bits per heavy atom. The van der Waals surface area contributed by atoms with Crippen LogP contribution in [0.4, 0.5) is 18.0 Å². The zero-order valence-electron chi connectivity index (χ0n) is 16.4. The van der Waals surface area contributed by atoms with Crippen molar-refractivity contribution in [3.8, 4) is 5.75 Å². The van der Waals surface area contributed by atoms with Crippen LogP contribution >= 0.6 is 0 Å². The molecule has 1 amide bonds. The van der Waals surface area contributed by atoms with Crippen molar-refractivity contribution in [2.24, 2.45) is 0 Å². The van der Waals surface area contributed by atoms with Gasteiger partial charge in [-0.05, 0) is 70.1 Å². The molecule has 0 spiro atoms. The standard InChI is InChI=1S/C19H24F3NO5S/c1-18(2,3)27-17(24)23-14-7-8-15(23)10-13(9-14)12-5-4-6-16(11-12)28-29(25,26)19(20,21)22/h4-6,11,13-15H,7-10H2,1-3H3/t13?,14-,15+. The third kappa shape index (κ3) is 4.79. The van der Waals surface area contributed by atoms with Crippen molar-refractivity contribution >= 4 is 16.2 Å². The highest BCUT2D eigenvalue weighted by molar-refractivity contribution is 7.88. The summed E-state index contributed by atoms with van der Waals surface area (Å²) < 4.78 is 69.9. The first-order chi connectivity index (χ1) is 13.3. The van der Waals surface area contributed by atoms with E-state index in [9.17, 15) is 26.4 Å². The van der Waals surface area contributed by atoms with Gasteiger partial charge in [0.1, 0.15) is 11.4 Å². The van der Waals surface area contributed by atoms with E-state index in [1.165, 1.54) is 18.2 Å². The van der Waals surface area contributed by atoms with Crippen LogP contribution in [0.2, 0.25) is 0 Å². The molecule has 2 saturated heterocycles. The molecule has 0 N–H and O–H groups in total. The number of carbonyl (C=O) groups is 1. The number of benzene rings is 1. The molecule has 2 aliphatic heterocycles. The van der Waals surface area contributed by atoms with Crippen molar-refractivity contribution in [2.45, 2.75) is 75.6 Å². The van der Waals surface area contributed by atoms with E-state index in [0.717, 1.165) is 12.8 Å². The molecule has 3 atom stereocenters. The fourth-order valence-corrected chi connectivity index (χ4v) is 4.51. The third-order valence-corrected chi connectivity index (χ3v) is 6.14. The summed E-state index contributed by atoms with van der Waals surface area (Å²) in [5, 5.41) is 0. The van der Waals surface area contributed by atoms with E-state index in [4.69, 9.17) is 4.74 Å². The lowest BCUT2D eigenvalue weighted by Gasteiger charge is -2.39. The molecule has 2 heterocycles. The number of carbonyl (C=O) groups excluding carboxylic acids is 1. The van der Waals surface area contributed by atoms with E-state index in [1.54, 1.807) is 31.7 Å². The number of ether oxygens (including phenoxy) is 1. The Morgan fingerprint density at radius 1 is 1.10 bits per heavy atom. The first kappa shape index (κ1) is 21.7. The predicted molar refractivity (Wildman–Crippen MR) is 98.9 cm³/mol. The van der Waals surface area contributed by atoms with Crippen LogP contribution in [0.5, 0.6) is 5.75 Å². The zero-order valence-corrected chi connectivity index (χ0v) is 17.2. The fraction of sp³-hybridized carbons (Fsp3) is 0.632. The summed E-state index contributed by atoms with van der Waals surface area (Å²) >= 11 is 0. The Bertz CT molecular complexity index is 865. The maximum atomic E-state index is 12.6. The number of piperidine rings is 1. The van der Waals surface area contributed by atoms with Crippen LogP contribution in [0.3, 0.4) is 0 Å². The molecule has 1 aromatic rings. The van der Waals surface area contributed by atoms with Crippen molar-refractivity contribution in [3.05, 3.63) is 29.8 Å². The van der Waals surface area contributed by atoms with Gasteiger partial charge in [0.25, 0.3) is 0 Å². The largest absolute Gasteiger partial charge is 0.534 e. The molecule has 10 heteroatoms. The maximum absolute atomic E-state index is 12.6. The Kier molecular flexibility index (Phi) is 5.53. The molecule has 0 aromatic heterocycles. The summed E-state index contributed by atoms with van der Waals surface area (Å²) in [6.45, 7) is 5.42. The average molecular weight is 435 g/mol. The molecule has 1 unspecified atom stereocenters. The van der Waals surface area contributed by atoms with Crippen molar-refractivity contribution in [1.82, 2.24) is 4.90 Å². The monoisotopic (exact) mass is 435 g/mol. The molecule has 0 radical (unpaired) electrons. The summed E-state index contributed by atoms with van der Waals surface area (Å²) in [7, 11) is -5.71. The first-order valence-electron chi connectivity index (χ1n) is 9.39. The first-order valence-corrected chi connectivity index (χ1v) is 10.8. The summed E-state index contributed by atoms with van der Waals surface area (Å²) in [6.07, 6.45) is 2.57.